The molecule has 1 saturated heterocycles. The molecule has 2 amide bonds. The average Bonchev–Trinajstić information content (AvgIpc) is 2.73. The summed E-state index contributed by atoms with van der Waals surface area (Å²) in [5.41, 5.74) is 0.246. The minimum absolute atomic E-state index is 0.0961. The van der Waals surface area contributed by atoms with Crippen LogP contribution in [0.15, 0.2) is 24.3 Å². The Morgan fingerprint density at radius 2 is 2.29 bits per heavy atom. The van der Waals surface area contributed by atoms with Crippen LogP contribution < -0.4 is 5.32 Å². The van der Waals surface area contributed by atoms with Gasteiger partial charge in [0, 0.05) is 23.6 Å². The van der Waals surface area contributed by atoms with Gasteiger partial charge in [-0.25, -0.2) is 0 Å². The third-order valence-corrected chi connectivity index (χ3v) is 4.69. The van der Waals surface area contributed by atoms with Crippen LogP contribution in [0.2, 0.25) is 0 Å². The second-order valence-electron chi connectivity index (χ2n) is 5.08. The molecule has 1 aromatic carbocycles. The van der Waals surface area contributed by atoms with Gasteiger partial charge in [0.25, 0.3) is 5.69 Å². The lowest BCUT2D eigenvalue weighted by molar-refractivity contribution is -0.384. The van der Waals surface area contributed by atoms with Gasteiger partial charge in [-0.1, -0.05) is 6.07 Å². The highest BCUT2D eigenvalue weighted by Crippen LogP contribution is 2.37. The smallest absolute Gasteiger partial charge is 0.271 e. The highest BCUT2D eigenvalue weighted by Gasteiger charge is 2.42. The first-order valence-corrected chi connectivity index (χ1v) is 7.27. The Balaban J connectivity index is 2.13. The van der Waals surface area contributed by atoms with Crippen molar-refractivity contribution in [3.63, 3.8) is 0 Å². The van der Waals surface area contributed by atoms with E-state index >= 15 is 0 Å². The number of carbonyl (C=O) groups is 2. The number of amides is 2. The van der Waals surface area contributed by atoms with Crippen molar-refractivity contribution in [2.24, 2.45) is 0 Å². The molecule has 1 atom stereocenters. The van der Waals surface area contributed by atoms with E-state index in [0.29, 0.717) is 17.9 Å². The summed E-state index contributed by atoms with van der Waals surface area (Å²) < 4.78 is 0. The van der Waals surface area contributed by atoms with Crippen LogP contribution in [0.4, 0.5) is 11.4 Å². The van der Waals surface area contributed by atoms with E-state index in [0.717, 1.165) is 0 Å². The number of hydrogen-bond acceptors (Lipinski definition) is 5. The van der Waals surface area contributed by atoms with Crippen molar-refractivity contribution in [1.29, 1.82) is 0 Å². The summed E-state index contributed by atoms with van der Waals surface area (Å²) in [6.45, 7) is 3.74. The first kappa shape index (κ1) is 15.3. The SMILES string of the molecule is CC1(C)SC[C@H](C(=O)Nc2cccc([N+](=O)[O-])c2)N1C=O. The number of nitrogens with zero attached hydrogens (tertiary/aromatic N) is 2. The van der Waals surface area contributed by atoms with Crippen LogP contribution in [0.1, 0.15) is 13.8 Å². The number of hydrogen-bond donors (Lipinski definition) is 1. The van der Waals surface area contributed by atoms with E-state index in [1.165, 1.54) is 34.9 Å². The summed E-state index contributed by atoms with van der Waals surface area (Å²) in [4.78, 5) is 34.6. The molecule has 1 N–H and O–H groups in total. The summed E-state index contributed by atoms with van der Waals surface area (Å²) >= 11 is 1.51. The Labute approximate surface area is 125 Å². The van der Waals surface area contributed by atoms with E-state index in [-0.39, 0.29) is 11.6 Å². The van der Waals surface area contributed by atoms with Crippen molar-refractivity contribution in [2.45, 2.75) is 24.8 Å². The molecule has 1 aliphatic rings. The zero-order chi connectivity index (χ0) is 15.6. The van der Waals surface area contributed by atoms with E-state index in [2.05, 4.69) is 5.32 Å². The summed E-state index contributed by atoms with van der Waals surface area (Å²) in [5.74, 6) is 0.146. The van der Waals surface area contributed by atoms with Crippen molar-refractivity contribution in [2.75, 3.05) is 11.1 Å². The lowest BCUT2D eigenvalue weighted by atomic mass is 10.2. The van der Waals surface area contributed by atoms with Crippen molar-refractivity contribution < 1.29 is 14.5 Å². The molecule has 0 radical (unpaired) electrons. The predicted molar refractivity (Wildman–Crippen MR) is 80.0 cm³/mol. The number of thioether (sulfide) groups is 1. The minimum Gasteiger partial charge on any atom is -0.324 e. The summed E-state index contributed by atoms with van der Waals surface area (Å²) in [6.07, 6.45) is 0.664. The fourth-order valence-electron chi connectivity index (χ4n) is 2.14. The Morgan fingerprint density at radius 1 is 1.57 bits per heavy atom. The summed E-state index contributed by atoms with van der Waals surface area (Å²) in [6, 6.07) is 5.13. The van der Waals surface area contributed by atoms with Gasteiger partial charge in [-0.15, -0.1) is 11.8 Å². The molecule has 0 aliphatic carbocycles. The van der Waals surface area contributed by atoms with E-state index < -0.39 is 15.8 Å². The van der Waals surface area contributed by atoms with Crippen LogP contribution in [0, 0.1) is 10.1 Å². The monoisotopic (exact) mass is 309 g/mol. The second-order valence-corrected chi connectivity index (χ2v) is 6.70. The maximum Gasteiger partial charge on any atom is 0.271 e. The Bertz CT molecular complexity index is 591. The van der Waals surface area contributed by atoms with Crippen LogP contribution in [-0.4, -0.2) is 38.8 Å². The molecule has 1 aliphatic heterocycles. The van der Waals surface area contributed by atoms with Gasteiger partial charge in [0.2, 0.25) is 12.3 Å². The fraction of sp³-hybridized carbons (Fsp3) is 0.385. The lowest BCUT2D eigenvalue weighted by Gasteiger charge is -2.30. The third kappa shape index (κ3) is 3.15. The fourth-order valence-corrected chi connectivity index (χ4v) is 3.34. The Morgan fingerprint density at radius 3 is 2.90 bits per heavy atom. The van der Waals surface area contributed by atoms with Gasteiger partial charge in [0.15, 0.2) is 0 Å². The van der Waals surface area contributed by atoms with Gasteiger partial charge >= 0.3 is 0 Å². The van der Waals surface area contributed by atoms with Crippen LogP contribution in [0.5, 0.6) is 0 Å². The summed E-state index contributed by atoms with van der Waals surface area (Å²) in [5, 5.41) is 13.3. The predicted octanol–water partition coefficient (Wildman–Crippen LogP) is 1.84. The van der Waals surface area contributed by atoms with E-state index in [1.54, 1.807) is 6.07 Å². The van der Waals surface area contributed by atoms with Gasteiger partial charge < -0.3 is 10.2 Å². The van der Waals surface area contributed by atoms with Crippen molar-refractivity contribution in [1.82, 2.24) is 4.90 Å². The van der Waals surface area contributed by atoms with Gasteiger partial charge in [-0.3, -0.25) is 19.7 Å². The molecule has 1 fully saturated rings. The number of nitrogens with one attached hydrogen (secondary N) is 1. The topological polar surface area (TPSA) is 92.5 Å². The molecule has 2 rings (SSSR count). The number of non-ortho nitro benzene ring substituents is 1. The molecular formula is C13H15N3O4S. The number of benzene rings is 1. The molecule has 0 saturated carbocycles. The van der Waals surface area contributed by atoms with Gasteiger partial charge in [-0.05, 0) is 19.9 Å². The van der Waals surface area contributed by atoms with E-state index in [1.807, 2.05) is 13.8 Å². The molecule has 7 nitrogen and oxygen atoms in total. The van der Waals surface area contributed by atoms with Gasteiger partial charge in [-0.2, -0.15) is 0 Å². The lowest BCUT2D eigenvalue weighted by Crippen LogP contribution is -2.47. The average molecular weight is 309 g/mol. The third-order valence-electron chi connectivity index (χ3n) is 3.29. The Hall–Kier alpha value is -2.09. The number of carbonyl (C=O) groups excluding carboxylic acids is 2. The first-order valence-electron chi connectivity index (χ1n) is 6.28. The van der Waals surface area contributed by atoms with E-state index in [9.17, 15) is 19.7 Å². The molecule has 0 aromatic heterocycles. The molecule has 0 bridgehead atoms. The molecule has 0 unspecified atom stereocenters. The van der Waals surface area contributed by atoms with E-state index in [4.69, 9.17) is 0 Å². The minimum atomic E-state index is -0.582. The first-order chi connectivity index (χ1) is 9.85. The number of nitro benzene ring substituents is 1. The quantitative estimate of drug-likeness (QED) is 0.520. The van der Waals surface area contributed by atoms with Gasteiger partial charge in [0.05, 0.1) is 9.79 Å². The summed E-state index contributed by atoms with van der Waals surface area (Å²) in [7, 11) is 0. The Kier molecular flexibility index (Phi) is 4.17. The molecule has 1 heterocycles. The highest BCUT2D eigenvalue weighted by molar-refractivity contribution is 8.00. The van der Waals surface area contributed by atoms with Crippen LogP contribution in [0.25, 0.3) is 0 Å². The maximum absolute atomic E-state index is 12.3. The van der Waals surface area contributed by atoms with Gasteiger partial charge in [0.1, 0.15) is 6.04 Å². The number of rotatable bonds is 4. The molecule has 0 spiro atoms. The maximum atomic E-state index is 12.3. The van der Waals surface area contributed by atoms with Crippen molar-refractivity contribution in [3.8, 4) is 0 Å². The molecule has 1 aromatic rings. The highest BCUT2D eigenvalue weighted by atomic mass is 32.2. The molecular weight excluding hydrogens is 294 g/mol. The van der Waals surface area contributed by atoms with Crippen LogP contribution in [0.3, 0.4) is 0 Å². The number of nitro groups is 1. The largest absolute Gasteiger partial charge is 0.324 e. The van der Waals surface area contributed by atoms with Crippen LogP contribution in [-0.2, 0) is 9.59 Å². The zero-order valence-electron chi connectivity index (χ0n) is 11.6. The van der Waals surface area contributed by atoms with Crippen molar-refractivity contribution in [3.05, 3.63) is 34.4 Å². The normalized spacial score (nSPS) is 20.1. The molecule has 8 heteroatoms. The van der Waals surface area contributed by atoms with Crippen LogP contribution >= 0.6 is 11.8 Å². The number of anilines is 1. The molecule has 112 valence electrons. The standard InChI is InChI=1S/C13H15N3O4S/c1-13(2)15(8-17)11(7-21-13)12(18)14-9-4-3-5-10(6-9)16(19)20/h3-6,8,11H,7H2,1-2H3,(H,14,18)/t11-/m1/s1. The van der Waals surface area contributed by atoms with Crippen molar-refractivity contribution >= 4 is 35.5 Å². The molecule has 21 heavy (non-hydrogen) atoms. The zero-order valence-corrected chi connectivity index (χ0v) is 12.4. The second kappa shape index (κ2) is 5.72.